The molecule has 0 unspecified atom stereocenters. The lowest BCUT2D eigenvalue weighted by molar-refractivity contribution is -0.123. The van der Waals surface area contributed by atoms with E-state index in [1.54, 1.807) is 0 Å². The normalized spacial score (nSPS) is 11.7. The highest BCUT2D eigenvalue weighted by Gasteiger charge is 2.04. The highest BCUT2D eigenvalue weighted by Crippen LogP contribution is 2.04. The van der Waals surface area contributed by atoms with Gasteiger partial charge >= 0.3 is 0 Å². The van der Waals surface area contributed by atoms with Crippen molar-refractivity contribution < 1.29 is 4.79 Å². The third kappa shape index (κ3) is 6.77. The van der Waals surface area contributed by atoms with Crippen LogP contribution in [0.3, 0.4) is 0 Å². The van der Waals surface area contributed by atoms with Gasteiger partial charge in [-0.2, -0.15) is 0 Å². The monoisotopic (exact) mass is 260 g/mol. The van der Waals surface area contributed by atoms with E-state index in [1.165, 1.54) is 11.1 Å². The fourth-order valence-electron chi connectivity index (χ4n) is 1.65. The van der Waals surface area contributed by atoms with Crippen molar-refractivity contribution in [3.05, 3.63) is 41.5 Å². The highest BCUT2D eigenvalue weighted by molar-refractivity contribution is 5.77. The molecule has 0 saturated heterocycles. The summed E-state index contributed by atoms with van der Waals surface area (Å²) in [6.45, 7) is 8.21. The first-order valence-corrected chi connectivity index (χ1v) is 6.80. The van der Waals surface area contributed by atoms with Crippen LogP contribution in [0.4, 0.5) is 0 Å². The molecule has 104 valence electrons. The first kappa shape index (κ1) is 15.4. The van der Waals surface area contributed by atoms with Crippen LogP contribution in [-0.4, -0.2) is 25.5 Å². The lowest BCUT2D eigenvalue weighted by Gasteiger charge is -2.09. The van der Waals surface area contributed by atoms with Gasteiger partial charge in [0.05, 0.1) is 0 Å². The Kier molecular flexibility index (Phi) is 6.90. The molecular weight excluding hydrogens is 236 g/mol. The second-order valence-corrected chi connectivity index (χ2v) is 5.02. The first-order valence-electron chi connectivity index (χ1n) is 6.80. The molecule has 0 aliphatic heterocycles. The SMILES string of the molecule is C/C(=C\c1ccccc1)CNCCNC(=O)C(C)C. The second-order valence-electron chi connectivity index (χ2n) is 5.02. The van der Waals surface area contributed by atoms with Gasteiger partial charge < -0.3 is 10.6 Å². The third-order valence-electron chi connectivity index (χ3n) is 2.74. The highest BCUT2D eigenvalue weighted by atomic mass is 16.1. The zero-order chi connectivity index (χ0) is 14.1. The summed E-state index contributed by atoms with van der Waals surface area (Å²) in [7, 11) is 0. The van der Waals surface area contributed by atoms with E-state index in [1.807, 2.05) is 32.0 Å². The van der Waals surface area contributed by atoms with Gasteiger partial charge in [-0.25, -0.2) is 0 Å². The van der Waals surface area contributed by atoms with Crippen LogP contribution in [0.5, 0.6) is 0 Å². The van der Waals surface area contributed by atoms with Crippen molar-refractivity contribution in [2.75, 3.05) is 19.6 Å². The summed E-state index contributed by atoms with van der Waals surface area (Å²) >= 11 is 0. The zero-order valence-corrected chi connectivity index (χ0v) is 12.1. The Bertz CT molecular complexity index is 410. The van der Waals surface area contributed by atoms with E-state index in [0.717, 1.165) is 13.1 Å². The Hall–Kier alpha value is -1.61. The molecule has 0 fully saturated rings. The Morgan fingerprint density at radius 2 is 1.89 bits per heavy atom. The third-order valence-corrected chi connectivity index (χ3v) is 2.74. The number of amides is 1. The van der Waals surface area contributed by atoms with Gasteiger partial charge in [0.2, 0.25) is 5.91 Å². The van der Waals surface area contributed by atoms with Gasteiger partial charge in [-0.3, -0.25) is 4.79 Å². The van der Waals surface area contributed by atoms with E-state index >= 15 is 0 Å². The molecule has 0 aromatic heterocycles. The molecule has 0 aliphatic carbocycles. The van der Waals surface area contributed by atoms with Crippen molar-refractivity contribution in [3.63, 3.8) is 0 Å². The Balaban J connectivity index is 2.19. The summed E-state index contributed by atoms with van der Waals surface area (Å²) in [6, 6.07) is 10.3. The van der Waals surface area contributed by atoms with Crippen LogP contribution < -0.4 is 10.6 Å². The summed E-state index contributed by atoms with van der Waals surface area (Å²) in [4.78, 5) is 11.3. The minimum absolute atomic E-state index is 0.0553. The van der Waals surface area contributed by atoms with Crippen LogP contribution in [0.1, 0.15) is 26.3 Å². The van der Waals surface area contributed by atoms with Crippen molar-refractivity contribution in [3.8, 4) is 0 Å². The summed E-state index contributed by atoms with van der Waals surface area (Å²) in [5, 5.41) is 6.20. The molecule has 1 aromatic rings. The number of nitrogens with one attached hydrogen (secondary N) is 2. The maximum absolute atomic E-state index is 11.3. The average Bonchev–Trinajstić information content (AvgIpc) is 2.39. The number of carbonyl (C=O) groups excluding carboxylic acids is 1. The standard InChI is InChI=1S/C16H24N2O/c1-13(2)16(19)18-10-9-17-12-14(3)11-15-7-5-4-6-8-15/h4-8,11,13,17H,9-10,12H2,1-3H3,(H,18,19)/b14-11+. The smallest absolute Gasteiger partial charge is 0.222 e. The molecule has 1 rings (SSSR count). The molecule has 0 atom stereocenters. The summed E-state index contributed by atoms with van der Waals surface area (Å²) in [5.41, 5.74) is 2.50. The molecule has 0 heterocycles. The summed E-state index contributed by atoms with van der Waals surface area (Å²) < 4.78 is 0. The molecule has 0 radical (unpaired) electrons. The molecule has 0 bridgehead atoms. The van der Waals surface area contributed by atoms with Crippen molar-refractivity contribution in [1.29, 1.82) is 0 Å². The van der Waals surface area contributed by atoms with Crippen LogP contribution in [0.2, 0.25) is 0 Å². The predicted molar refractivity (Wildman–Crippen MR) is 80.8 cm³/mol. The zero-order valence-electron chi connectivity index (χ0n) is 12.1. The van der Waals surface area contributed by atoms with Gasteiger partial charge in [-0.05, 0) is 12.5 Å². The van der Waals surface area contributed by atoms with E-state index in [2.05, 4.69) is 35.8 Å². The fourth-order valence-corrected chi connectivity index (χ4v) is 1.65. The van der Waals surface area contributed by atoms with Crippen LogP contribution in [0, 0.1) is 5.92 Å². The largest absolute Gasteiger partial charge is 0.355 e. The number of hydrogen-bond donors (Lipinski definition) is 2. The summed E-state index contributed by atoms with van der Waals surface area (Å²) in [5.74, 6) is 0.165. The molecule has 0 aliphatic rings. The quantitative estimate of drug-likeness (QED) is 0.739. The molecule has 0 spiro atoms. The minimum atomic E-state index is 0.0553. The van der Waals surface area contributed by atoms with Gasteiger partial charge in [0.1, 0.15) is 0 Å². The summed E-state index contributed by atoms with van der Waals surface area (Å²) in [6.07, 6.45) is 2.17. The van der Waals surface area contributed by atoms with Crippen LogP contribution in [-0.2, 0) is 4.79 Å². The molecule has 19 heavy (non-hydrogen) atoms. The minimum Gasteiger partial charge on any atom is -0.355 e. The van der Waals surface area contributed by atoms with Gasteiger partial charge in [-0.1, -0.05) is 55.8 Å². The van der Waals surface area contributed by atoms with Gasteiger partial charge in [0.15, 0.2) is 0 Å². The van der Waals surface area contributed by atoms with E-state index in [9.17, 15) is 4.79 Å². The molecule has 1 aromatic carbocycles. The van der Waals surface area contributed by atoms with Crippen LogP contribution in [0.15, 0.2) is 35.9 Å². The fraction of sp³-hybridized carbons (Fsp3) is 0.438. The van der Waals surface area contributed by atoms with E-state index < -0.39 is 0 Å². The molecule has 2 N–H and O–H groups in total. The molecule has 3 heteroatoms. The first-order chi connectivity index (χ1) is 9.09. The van der Waals surface area contributed by atoms with Gasteiger partial charge in [0, 0.05) is 25.6 Å². The lowest BCUT2D eigenvalue weighted by Crippen LogP contribution is -2.34. The Morgan fingerprint density at radius 1 is 1.21 bits per heavy atom. The van der Waals surface area contributed by atoms with Crippen molar-refractivity contribution in [2.24, 2.45) is 5.92 Å². The number of benzene rings is 1. The number of rotatable bonds is 7. The number of hydrogen-bond acceptors (Lipinski definition) is 2. The van der Waals surface area contributed by atoms with E-state index in [0.29, 0.717) is 6.54 Å². The molecular formula is C16H24N2O. The second kappa shape index (κ2) is 8.48. The average molecular weight is 260 g/mol. The van der Waals surface area contributed by atoms with Crippen molar-refractivity contribution in [2.45, 2.75) is 20.8 Å². The van der Waals surface area contributed by atoms with Gasteiger partial charge in [-0.15, -0.1) is 0 Å². The Labute approximate surface area is 116 Å². The number of carbonyl (C=O) groups is 1. The van der Waals surface area contributed by atoms with Crippen molar-refractivity contribution >= 4 is 12.0 Å². The van der Waals surface area contributed by atoms with Crippen LogP contribution in [0.25, 0.3) is 6.08 Å². The molecule has 3 nitrogen and oxygen atoms in total. The van der Waals surface area contributed by atoms with Gasteiger partial charge in [0.25, 0.3) is 0 Å². The molecule has 1 amide bonds. The Morgan fingerprint density at radius 3 is 2.53 bits per heavy atom. The molecule has 0 saturated carbocycles. The topological polar surface area (TPSA) is 41.1 Å². The lowest BCUT2D eigenvalue weighted by atomic mass is 10.1. The maximum Gasteiger partial charge on any atom is 0.222 e. The van der Waals surface area contributed by atoms with E-state index in [4.69, 9.17) is 0 Å². The van der Waals surface area contributed by atoms with Crippen molar-refractivity contribution in [1.82, 2.24) is 10.6 Å². The maximum atomic E-state index is 11.3. The van der Waals surface area contributed by atoms with E-state index in [-0.39, 0.29) is 11.8 Å². The predicted octanol–water partition coefficient (Wildman–Crippen LogP) is 2.45. The van der Waals surface area contributed by atoms with Crippen LogP contribution >= 0.6 is 0 Å².